The molecule has 0 bridgehead atoms. The van der Waals surface area contributed by atoms with Gasteiger partial charge in [0, 0.05) is 12.5 Å². The number of amidine groups is 1. The van der Waals surface area contributed by atoms with Gasteiger partial charge < -0.3 is 21.0 Å². The molecule has 0 aromatic rings. The lowest BCUT2D eigenvalue weighted by molar-refractivity contribution is 0.0502. The zero-order valence-electron chi connectivity index (χ0n) is 11.3. The summed E-state index contributed by atoms with van der Waals surface area (Å²) in [7, 11) is 0. The molecule has 0 aliphatic heterocycles. The SMILES string of the molecule is CC(C)(C)OC(=O)NC(CC(N)=NO)CC1CC1. The number of amides is 1. The van der Waals surface area contributed by atoms with E-state index in [2.05, 4.69) is 10.5 Å². The maximum absolute atomic E-state index is 11.7. The van der Waals surface area contributed by atoms with Gasteiger partial charge in [-0.05, 0) is 33.1 Å². The number of ether oxygens (including phenoxy) is 1. The van der Waals surface area contributed by atoms with Crippen LogP contribution in [-0.4, -0.2) is 28.8 Å². The van der Waals surface area contributed by atoms with Crippen LogP contribution in [0.5, 0.6) is 0 Å². The highest BCUT2D eigenvalue weighted by Crippen LogP contribution is 2.34. The van der Waals surface area contributed by atoms with Crippen LogP contribution >= 0.6 is 0 Å². The first kappa shape index (κ1) is 14.6. The van der Waals surface area contributed by atoms with E-state index in [-0.39, 0.29) is 11.9 Å². The van der Waals surface area contributed by atoms with E-state index in [1.54, 1.807) is 0 Å². The largest absolute Gasteiger partial charge is 0.444 e. The van der Waals surface area contributed by atoms with E-state index in [1.807, 2.05) is 20.8 Å². The molecule has 1 saturated carbocycles. The van der Waals surface area contributed by atoms with Gasteiger partial charge in [0.05, 0.1) is 0 Å². The first-order chi connectivity index (χ1) is 8.30. The summed E-state index contributed by atoms with van der Waals surface area (Å²) in [6.45, 7) is 5.43. The number of oxime groups is 1. The average molecular weight is 257 g/mol. The number of nitrogens with two attached hydrogens (primary N) is 1. The van der Waals surface area contributed by atoms with Crippen LogP contribution in [0.2, 0.25) is 0 Å². The molecule has 1 aliphatic carbocycles. The van der Waals surface area contributed by atoms with Gasteiger partial charge in [-0.2, -0.15) is 0 Å². The Hall–Kier alpha value is -1.46. The summed E-state index contributed by atoms with van der Waals surface area (Å²) in [5.74, 6) is 0.758. The molecule has 0 radical (unpaired) electrons. The summed E-state index contributed by atoms with van der Waals surface area (Å²) in [6.07, 6.45) is 3.09. The predicted molar refractivity (Wildman–Crippen MR) is 68.5 cm³/mol. The first-order valence-electron chi connectivity index (χ1n) is 6.26. The number of carbonyl (C=O) groups is 1. The molecule has 4 N–H and O–H groups in total. The van der Waals surface area contributed by atoms with Crippen molar-refractivity contribution in [3.05, 3.63) is 0 Å². The zero-order valence-corrected chi connectivity index (χ0v) is 11.3. The number of hydrogen-bond donors (Lipinski definition) is 3. The molecule has 1 amide bonds. The summed E-state index contributed by atoms with van der Waals surface area (Å²) in [5.41, 5.74) is 4.96. The molecule has 1 atom stereocenters. The molecular formula is C12H23N3O3. The Morgan fingerprint density at radius 1 is 1.56 bits per heavy atom. The summed E-state index contributed by atoms with van der Waals surface area (Å²) < 4.78 is 5.19. The third kappa shape index (κ3) is 6.32. The van der Waals surface area contributed by atoms with Gasteiger partial charge in [0.2, 0.25) is 0 Å². The Balaban J connectivity index is 2.46. The molecule has 1 fully saturated rings. The van der Waals surface area contributed by atoms with Crippen molar-refractivity contribution >= 4 is 11.9 Å². The van der Waals surface area contributed by atoms with Crippen molar-refractivity contribution in [2.75, 3.05) is 0 Å². The summed E-state index contributed by atoms with van der Waals surface area (Å²) in [5, 5.41) is 14.3. The minimum Gasteiger partial charge on any atom is -0.444 e. The highest BCUT2D eigenvalue weighted by atomic mass is 16.6. The van der Waals surface area contributed by atoms with E-state index in [1.165, 1.54) is 12.8 Å². The zero-order chi connectivity index (χ0) is 13.8. The summed E-state index contributed by atoms with van der Waals surface area (Å²) >= 11 is 0. The number of nitrogens with zero attached hydrogens (tertiary/aromatic N) is 1. The maximum Gasteiger partial charge on any atom is 0.407 e. The van der Waals surface area contributed by atoms with Gasteiger partial charge in [-0.25, -0.2) is 4.79 Å². The number of rotatable bonds is 5. The second-order valence-corrected chi connectivity index (χ2v) is 5.82. The van der Waals surface area contributed by atoms with E-state index in [0.29, 0.717) is 12.3 Å². The van der Waals surface area contributed by atoms with Gasteiger partial charge in [-0.3, -0.25) is 0 Å². The fourth-order valence-electron chi connectivity index (χ4n) is 1.72. The van der Waals surface area contributed by atoms with E-state index >= 15 is 0 Å². The third-order valence-corrected chi connectivity index (χ3v) is 2.62. The molecule has 1 aliphatic rings. The minimum atomic E-state index is -0.523. The fourth-order valence-corrected chi connectivity index (χ4v) is 1.72. The van der Waals surface area contributed by atoms with Crippen molar-refractivity contribution in [1.82, 2.24) is 5.32 Å². The van der Waals surface area contributed by atoms with E-state index in [4.69, 9.17) is 15.7 Å². The topological polar surface area (TPSA) is 96.9 Å². The van der Waals surface area contributed by atoms with Crippen LogP contribution in [0.3, 0.4) is 0 Å². The molecule has 6 nitrogen and oxygen atoms in total. The Labute approximate surface area is 108 Å². The lowest BCUT2D eigenvalue weighted by Gasteiger charge is -2.23. The lowest BCUT2D eigenvalue weighted by atomic mass is 10.1. The average Bonchev–Trinajstić information content (AvgIpc) is 2.98. The van der Waals surface area contributed by atoms with Crippen LogP contribution in [0.25, 0.3) is 0 Å². The van der Waals surface area contributed by atoms with Crippen LogP contribution in [-0.2, 0) is 4.74 Å². The van der Waals surface area contributed by atoms with Gasteiger partial charge in [0.25, 0.3) is 0 Å². The summed E-state index contributed by atoms with van der Waals surface area (Å²) in [6, 6.07) is -0.136. The van der Waals surface area contributed by atoms with Gasteiger partial charge in [0.1, 0.15) is 11.4 Å². The van der Waals surface area contributed by atoms with Crippen LogP contribution in [0, 0.1) is 5.92 Å². The monoisotopic (exact) mass is 257 g/mol. The molecule has 0 spiro atoms. The quantitative estimate of drug-likeness (QED) is 0.303. The molecule has 0 saturated heterocycles. The normalized spacial score (nSPS) is 18.3. The molecule has 0 aromatic heterocycles. The Morgan fingerprint density at radius 3 is 2.61 bits per heavy atom. The smallest absolute Gasteiger partial charge is 0.407 e. The number of nitrogens with one attached hydrogen (secondary N) is 1. The van der Waals surface area contributed by atoms with Crippen molar-refractivity contribution in [2.45, 2.75) is 58.1 Å². The lowest BCUT2D eigenvalue weighted by Crippen LogP contribution is -2.41. The number of hydrogen-bond acceptors (Lipinski definition) is 4. The van der Waals surface area contributed by atoms with Gasteiger partial charge in [0.15, 0.2) is 0 Å². The standard InChI is InChI=1S/C12H23N3O3/c1-12(2,3)18-11(16)14-9(6-8-4-5-8)7-10(13)15-17/h8-9,17H,4-7H2,1-3H3,(H2,13,15)(H,14,16). The number of carbonyl (C=O) groups excluding carboxylic acids is 1. The third-order valence-electron chi connectivity index (χ3n) is 2.62. The highest BCUT2D eigenvalue weighted by Gasteiger charge is 2.28. The molecule has 0 heterocycles. The van der Waals surface area contributed by atoms with E-state index < -0.39 is 11.7 Å². The van der Waals surface area contributed by atoms with Crippen LogP contribution in [0.4, 0.5) is 4.79 Å². The molecule has 104 valence electrons. The first-order valence-corrected chi connectivity index (χ1v) is 6.26. The van der Waals surface area contributed by atoms with Crippen molar-refractivity contribution < 1.29 is 14.7 Å². The van der Waals surface area contributed by atoms with Gasteiger partial charge >= 0.3 is 6.09 Å². The van der Waals surface area contributed by atoms with Gasteiger partial charge in [-0.15, -0.1) is 0 Å². The Morgan fingerprint density at radius 2 is 2.17 bits per heavy atom. The molecule has 0 aromatic carbocycles. The Bertz CT molecular complexity index is 319. The molecule has 6 heteroatoms. The van der Waals surface area contributed by atoms with Crippen LogP contribution in [0.1, 0.15) is 46.5 Å². The minimum absolute atomic E-state index is 0.122. The van der Waals surface area contributed by atoms with Crippen molar-refractivity contribution in [3.63, 3.8) is 0 Å². The van der Waals surface area contributed by atoms with E-state index in [0.717, 1.165) is 6.42 Å². The van der Waals surface area contributed by atoms with Crippen molar-refractivity contribution in [3.8, 4) is 0 Å². The maximum atomic E-state index is 11.7. The fraction of sp³-hybridized carbons (Fsp3) is 0.833. The van der Waals surface area contributed by atoms with Crippen LogP contribution < -0.4 is 11.1 Å². The van der Waals surface area contributed by atoms with E-state index in [9.17, 15) is 4.79 Å². The number of alkyl carbamates (subject to hydrolysis) is 1. The summed E-state index contributed by atoms with van der Waals surface area (Å²) in [4.78, 5) is 11.7. The second-order valence-electron chi connectivity index (χ2n) is 5.82. The van der Waals surface area contributed by atoms with Gasteiger partial charge in [-0.1, -0.05) is 18.0 Å². The second kappa shape index (κ2) is 5.93. The Kier molecular flexibility index (Phi) is 4.81. The molecule has 1 unspecified atom stereocenters. The molecule has 1 rings (SSSR count). The molecule has 18 heavy (non-hydrogen) atoms. The molecular weight excluding hydrogens is 234 g/mol. The highest BCUT2D eigenvalue weighted by molar-refractivity contribution is 5.81. The van der Waals surface area contributed by atoms with Crippen LogP contribution in [0.15, 0.2) is 5.16 Å². The predicted octanol–water partition coefficient (Wildman–Crippen LogP) is 1.82. The van der Waals surface area contributed by atoms with Crippen molar-refractivity contribution in [1.29, 1.82) is 0 Å². The van der Waals surface area contributed by atoms with Crippen molar-refractivity contribution in [2.24, 2.45) is 16.8 Å².